The predicted molar refractivity (Wildman–Crippen MR) is 90.9 cm³/mol. The first-order chi connectivity index (χ1) is 12.0. The molecule has 0 unspecified atom stereocenters. The third kappa shape index (κ3) is 5.49. The maximum absolute atomic E-state index is 11.9. The van der Waals surface area contributed by atoms with E-state index < -0.39 is 18.1 Å². The largest absolute Gasteiger partial charge is 0.480 e. The van der Waals surface area contributed by atoms with Gasteiger partial charge in [0.2, 0.25) is 0 Å². The summed E-state index contributed by atoms with van der Waals surface area (Å²) in [7, 11) is 0. The molecule has 0 aliphatic carbocycles. The molecule has 0 radical (unpaired) electrons. The Morgan fingerprint density at radius 2 is 2.04 bits per heavy atom. The molecule has 0 aromatic heterocycles. The van der Waals surface area contributed by atoms with Gasteiger partial charge in [-0.15, -0.1) is 0 Å². The standard InChI is InChI=1S/C18H20N2O5/c1-2-8-25-18(24)20-11-14(10-15(21)12-20)19-16(17(22)23)9-13-6-4-3-5-7-13/h2-7,10,16,19H,1,8-9,11-12H2,(H,22,23)/t16-/m0/s1. The van der Waals surface area contributed by atoms with Gasteiger partial charge in [0.15, 0.2) is 5.78 Å². The Balaban J connectivity index is 2.04. The minimum absolute atomic E-state index is 0.0434. The second-order valence-corrected chi connectivity index (χ2v) is 5.58. The molecule has 0 spiro atoms. The summed E-state index contributed by atoms with van der Waals surface area (Å²) in [5.41, 5.74) is 1.22. The van der Waals surface area contributed by atoms with Crippen molar-refractivity contribution in [1.29, 1.82) is 0 Å². The monoisotopic (exact) mass is 344 g/mol. The van der Waals surface area contributed by atoms with Crippen molar-refractivity contribution >= 4 is 17.8 Å². The van der Waals surface area contributed by atoms with Crippen molar-refractivity contribution in [3.63, 3.8) is 0 Å². The molecular formula is C18H20N2O5. The topological polar surface area (TPSA) is 95.9 Å². The highest BCUT2D eigenvalue weighted by molar-refractivity contribution is 5.95. The zero-order chi connectivity index (χ0) is 18.2. The Bertz CT molecular complexity index is 684. The van der Waals surface area contributed by atoms with Crippen molar-refractivity contribution in [3.8, 4) is 0 Å². The molecule has 0 saturated heterocycles. The second kappa shape index (κ2) is 8.68. The van der Waals surface area contributed by atoms with Crippen LogP contribution in [0.3, 0.4) is 0 Å². The first-order valence-electron chi connectivity index (χ1n) is 7.79. The Morgan fingerprint density at radius 1 is 1.32 bits per heavy atom. The van der Waals surface area contributed by atoms with Crippen molar-refractivity contribution in [2.75, 3.05) is 19.7 Å². The van der Waals surface area contributed by atoms with Crippen molar-refractivity contribution < 1.29 is 24.2 Å². The number of carbonyl (C=O) groups is 3. The lowest BCUT2D eigenvalue weighted by molar-refractivity contribution is -0.139. The lowest BCUT2D eigenvalue weighted by atomic mass is 10.1. The van der Waals surface area contributed by atoms with Crippen LogP contribution in [0.15, 0.2) is 54.8 Å². The normalized spacial score (nSPS) is 15.1. The van der Waals surface area contributed by atoms with E-state index in [1.54, 1.807) is 0 Å². The van der Waals surface area contributed by atoms with Crippen LogP contribution in [-0.4, -0.2) is 53.6 Å². The van der Waals surface area contributed by atoms with E-state index in [0.717, 1.165) is 5.56 Å². The summed E-state index contributed by atoms with van der Waals surface area (Å²) in [4.78, 5) is 36.5. The number of aliphatic carboxylic acids is 1. The van der Waals surface area contributed by atoms with E-state index in [0.29, 0.717) is 5.70 Å². The minimum Gasteiger partial charge on any atom is -0.480 e. The summed E-state index contributed by atoms with van der Waals surface area (Å²) in [6.45, 7) is 3.48. The summed E-state index contributed by atoms with van der Waals surface area (Å²) in [6.07, 6.45) is 2.37. The number of hydrogen-bond donors (Lipinski definition) is 2. The molecule has 1 amide bonds. The molecule has 0 saturated carbocycles. The molecule has 132 valence electrons. The quantitative estimate of drug-likeness (QED) is 0.725. The highest BCUT2D eigenvalue weighted by Crippen LogP contribution is 2.10. The molecule has 1 atom stereocenters. The SMILES string of the molecule is C=CCOC(=O)N1CC(=O)C=C(N[C@@H](Cc2ccccc2)C(=O)O)C1. The summed E-state index contributed by atoms with van der Waals surface area (Å²) in [5, 5.41) is 12.3. The Hall–Kier alpha value is -3.09. The van der Waals surface area contributed by atoms with E-state index in [9.17, 15) is 19.5 Å². The average Bonchev–Trinajstić information content (AvgIpc) is 2.59. The number of hydrogen-bond acceptors (Lipinski definition) is 5. The number of nitrogens with one attached hydrogen (secondary N) is 1. The van der Waals surface area contributed by atoms with E-state index in [1.165, 1.54) is 17.1 Å². The van der Waals surface area contributed by atoms with Crippen molar-refractivity contribution in [2.45, 2.75) is 12.5 Å². The number of amides is 1. The highest BCUT2D eigenvalue weighted by atomic mass is 16.6. The van der Waals surface area contributed by atoms with Gasteiger partial charge < -0.3 is 15.2 Å². The number of benzene rings is 1. The van der Waals surface area contributed by atoms with Gasteiger partial charge in [0.1, 0.15) is 12.6 Å². The number of rotatable bonds is 7. The van der Waals surface area contributed by atoms with Gasteiger partial charge in [-0.2, -0.15) is 0 Å². The molecule has 0 fully saturated rings. The zero-order valence-electron chi connectivity index (χ0n) is 13.7. The fourth-order valence-electron chi connectivity index (χ4n) is 2.45. The number of ether oxygens (including phenoxy) is 1. The highest BCUT2D eigenvalue weighted by Gasteiger charge is 2.26. The molecule has 2 rings (SSSR count). The summed E-state index contributed by atoms with van der Waals surface area (Å²) >= 11 is 0. The van der Waals surface area contributed by atoms with Gasteiger partial charge in [-0.25, -0.2) is 9.59 Å². The van der Waals surface area contributed by atoms with Crippen LogP contribution < -0.4 is 5.32 Å². The number of ketones is 1. The molecule has 7 nitrogen and oxygen atoms in total. The van der Waals surface area contributed by atoms with Crippen LogP contribution in [0.4, 0.5) is 4.79 Å². The van der Waals surface area contributed by atoms with E-state index in [1.807, 2.05) is 30.3 Å². The van der Waals surface area contributed by atoms with Crippen molar-refractivity contribution in [2.24, 2.45) is 0 Å². The number of carbonyl (C=O) groups excluding carboxylic acids is 2. The zero-order valence-corrected chi connectivity index (χ0v) is 13.7. The maximum atomic E-state index is 11.9. The number of carboxylic acid groups (broad SMARTS) is 1. The summed E-state index contributed by atoms with van der Waals surface area (Å²) in [5.74, 6) is -1.34. The molecule has 1 heterocycles. The van der Waals surface area contributed by atoms with Gasteiger partial charge in [0.05, 0.1) is 13.1 Å². The van der Waals surface area contributed by atoms with Crippen molar-refractivity contribution in [1.82, 2.24) is 10.2 Å². The molecule has 1 aromatic carbocycles. The maximum Gasteiger partial charge on any atom is 0.410 e. The van der Waals surface area contributed by atoms with Crippen LogP contribution in [0.5, 0.6) is 0 Å². The van der Waals surface area contributed by atoms with Gasteiger partial charge >= 0.3 is 12.1 Å². The molecule has 1 aliphatic rings. The van der Waals surface area contributed by atoms with Crippen LogP contribution in [0.25, 0.3) is 0 Å². The predicted octanol–water partition coefficient (Wildman–Crippen LogP) is 1.36. The molecule has 25 heavy (non-hydrogen) atoms. The molecule has 2 N–H and O–H groups in total. The molecule has 7 heteroatoms. The summed E-state index contributed by atoms with van der Waals surface area (Å²) < 4.78 is 4.92. The van der Waals surface area contributed by atoms with Crippen LogP contribution in [-0.2, 0) is 20.7 Å². The number of carboxylic acids is 1. The van der Waals surface area contributed by atoms with Crippen LogP contribution in [0.1, 0.15) is 5.56 Å². The van der Waals surface area contributed by atoms with Crippen LogP contribution in [0, 0.1) is 0 Å². The van der Waals surface area contributed by atoms with Crippen LogP contribution in [0.2, 0.25) is 0 Å². The van der Waals surface area contributed by atoms with Gasteiger partial charge in [-0.05, 0) is 5.56 Å². The van der Waals surface area contributed by atoms with Gasteiger partial charge in [-0.3, -0.25) is 9.69 Å². The fraction of sp³-hybridized carbons (Fsp3) is 0.278. The molecule has 1 aromatic rings. The van der Waals surface area contributed by atoms with E-state index in [4.69, 9.17) is 4.74 Å². The van der Waals surface area contributed by atoms with Gasteiger partial charge in [0.25, 0.3) is 0 Å². The molecule has 1 aliphatic heterocycles. The number of nitrogens with zero attached hydrogens (tertiary/aromatic N) is 1. The van der Waals surface area contributed by atoms with Gasteiger partial charge in [-0.1, -0.05) is 43.0 Å². The summed E-state index contributed by atoms with van der Waals surface area (Å²) in [6, 6.07) is 8.25. The Labute approximate surface area is 145 Å². The van der Waals surface area contributed by atoms with E-state index in [2.05, 4.69) is 11.9 Å². The lowest BCUT2D eigenvalue weighted by Crippen LogP contribution is -2.46. The second-order valence-electron chi connectivity index (χ2n) is 5.58. The Kier molecular flexibility index (Phi) is 6.33. The average molecular weight is 344 g/mol. The third-order valence-corrected chi connectivity index (χ3v) is 3.57. The molecular weight excluding hydrogens is 324 g/mol. The Morgan fingerprint density at radius 3 is 2.68 bits per heavy atom. The fourth-order valence-corrected chi connectivity index (χ4v) is 2.45. The minimum atomic E-state index is -1.04. The van der Waals surface area contributed by atoms with E-state index in [-0.39, 0.29) is 31.9 Å². The van der Waals surface area contributed by atoms with Crippen LogP contribution >= 0.6 is 0 Å². The third-order valence-electron chi connectivity index (χ3n) is 3.57. The smallest absolute Gasteiger partial charge is 0.410 e. The first-order valence-corrected chi connectivity index (χ1v) is 7.79. The molecule has 0 bridgehead atoms. The van der Waals surface area contributed by atoms with Crippen molar-refractivity contribution in [3.05, 3.63) is 60.3 Å². The first kappa shape index (κ1) is 18.3. The lowest BCUT2D eigenvalue weighted by Gasteiger charge is -2.28. The van der Waals surface area contributed by atoms with E-state index >= 15 is 0 Å². The van der Waals surface area contributed by atoms with Gasteiger partial charge in [0, 0.05) is 18.2 Å².